The third-order valence-corrected chi connectivity index (χ3v) is 15.6. The molecule has 2 aromatic heterocycles. The number of rotatable bonds is 22. The van der Waals surface area contributed by atoms with Gasteiger partial charge in [0.05, 0.1) is 70.3 Å². The highest BCUT2D eigenvalue weighted by molar-refractivity contribution is 14.1. The summed E-state index contributed by atoms with van der Waals surface area (Å²) >= 11 is 4.42. The zero-order chi connectivity index (χ0) is 52.8. The first kappa shape index (κ1) is 54.9. The number of β-lactam (4-membered cyclic amide) rings is 2. The first-order valence-electron chi connectivity index (χ1n) is 24.0. The number of aliphatic hydroxyl groups is 1. The van der Waals surface area contributed by atoms with Gasteiger partial charge in [0.25, 0.3) is 0 Å². The van der Waals surface area contributed by atoms with Gasteiger partial charge in [0, 0.05) is 35.8 Å². The van der Waals surface area contributed by atoms with Crippen LogP contribution in [0.3, 0.4) is 0 Å². The van der Waals surface area contributed by atoms with Crippen LogP contribution in [0.1, 0.15) is 38.8 Å². The van der Waals surface area contributed by atoms with Crippen LogP contribution < -0.4 is 18.6 Å². The van der Waals surface area contributed by atoms with Crippen molar-refractivity contribution < 1.29 is 67.3 Å². The van der Waals surface area contributed by atoms with Crippen LogP contribution in [0.5, 0.6) is 11.5 Å². The number of ether oxygens (including phenoxy) is 3. The Morgan fingerprint density at radius 2 is 1.23 bits per heavy atom. The van der Waals surface area contributed by atoms with Crippen LogP contribution in [-0.2, 0) is 78.5 Å². The van der Waals surface area contributed by atoms with Gasteiger partial charge in [-0.3, -0.25) is 14.5 Å². The number of esters is 1. The fourth-order valence-electron chi connectivity index (χ4n) is 9.96. The number of carbonyl (C=O) groups excluding carboxylic acids is 4. The van der Waals surface area contributed by atoms with Gasteiger partial charge in [-0.1, -0.05) is 51.6 Å². The van der Waals surface area contributed by atoms with Crippen molar-refractivity contribution in [1.29, 1.82) is 0 Å². The predicted octanol–water partition coefficient (Wildman–Crippen LogP) is 5.03. The lowest BCUT2D eigenvalue weighted by atomic mass is 9.74. The van der Waals surface area contributed by atoms with E-state index in [9.17, 15) is 34.2 Å². The predicted molar refractivity (Wildman–Crippen MR) is 280 cm³/mol. The van der Waals surface area contributed by atoms with Crippen LogP contribution in [0.15, 0.2) is 122 Å². The number of hydrogen-bond donors (Lipinski definition) is 2. The molecule has 0 bridgehead atoms. The molecule has 6 heterocycles. The largest absolute Gasteiger partial charge is 0.488 e. The topological polar surface area (TPSA) is 196 Å². The third kappa shape index (κ3) is 11.9. The number of aryl methyl sites for hydroxylation is 6. The minimum absolute atomic E-state index is 0.00367. The summed E-state index contributed by atoms with van der Waals surface area (Å²) in [7, 11) is 3.97. The van der Waals surface area contributed by atoms with Crippen molar-refractivity contribution in [2.75, 3.05) is 26.4 Å². The summed E-state index contributed by atoms with van der Waals surface area (Å²) < 4.78 is 27.8. The van der Waals surface area contributed by atoms with Crippen molar-refractivity contribution >= 4 is 74.9 Å². The lowest BCUT2D eigenvalue weighted by Gasteiger charge is -2.47. The number of imidazole rings is 2. The summed E-state index contributed by atoms with van der Waals surface area (Å²) in [5.41, 5.74) is 3.62. The molecular formula is C53H62I2N6O12+2. The zero-order valence-electron chi connectivity index (χ0n) is 41.7. The van der Waals surface area contributed by atoms with E-state index in [-0.39, 0.29) is 67.5 Å². The van der Waals surface area contributed by atoms with Crippen LogP contribution in [0.2, 0.25) is 0 Å². The Kier molecular flexibility index (Phi) is 18.1. The fourth-order valence-corrected chi connectivity index (χ4v) is 10.9. The van der Waals surface area contributed by atoms with Crippen LogP contribution in [-0.4, -0.2) is 103 Å². The van der Waals surface area contributed by atoms with Crippen molar-refractivity contribution in [2.45, 2.75) is 71.8 Å². The Labute approximate surface area is 451 Å². The molecule has 388 valence electrons. The Morgan fingerprint density at radius 1 is 0.753 bits per heavy atom. The van der Waals surface area contributed by atoms with Gasteiger partial charge in [-0.25, -0.2) is 32.7 Å². The molecule has 2 amide bonds. The van der Waals surface area contributed by atoms with E-state index in [0.29, 0.717) is 22.6 Å². The summed E-state index contributed by atoms with van der Waals surface area (Å²) in [6.45, 7) is 16.0. The summed E-state index contributed by atoms with van der Waals surface area (Å²) in [6.07, 6.45) is 15.8. The number of aliphatic carboxylic acids is 1. The number of carboxylic acid groups (broad SMARTS) is 1. The van der Waals surface area contributed by atoms with Gasteiger partial charge in [0.15, 0.2) is 0 Å². The monoisotopic (exact) mass is 1230 g/mol. The van der Waals surface area contributed by atoms with E-state index < -0.39 is 47.8 Å². The molecule has 4 aliphatic heterocycles. The van der Waals surface area contributed by atoms with Crippen molar-refractivity contribution in [3.8, 4) is 11.5 Å². The molecule has 73 heavy (non-hydrogen) atoms. The molecule has 8 rings (SSSR count). The summed E-state index contributed by atoms with van der Waals surface area (Å²) in [5, 5.41) is 19.7. The molecule has 0 aliphatic carbocycles. The number of aliphatic hydroxyl groups excluding tert-OH is 1. The second-order valence-electron chi connectivity index (χ2n) is 18.7. The Balaban J connectivity index is 0.000000220. The molecular weight excluding hydrogens is 1170 g/mol. The fraction of sp³-hybridized carbons (Fsp3) is 0.415. The molecule has 20 heteroatoms. The number of aromatic nitrogens is 4. The minimum Gasteiger partial charge on any atom is -0.488 e. The molecule has 0 saturated carbocycles. The van der Waals surface area contributed by atoms with Gasteiger partial charge in [-0.15, -0.1) is 6.58 Å². The van der Waals surface area contributed by atoms with E-state index in [1.807, 2.05) is 98.8 Å². The summed E-state index contributed by atoms with van der Waals surface area (Å²) in [4.78, 5) is 75.9. The zero-order valence-corrected chi connectivity index (χ0v) is 46.0. The van der Waals surface area contributed by atoms with Crippen LogP contribution in [0.4, 0.5) is 0 Å². The highest BCUT2D eigenvalue weighted by Crippen LogP contribution is 2.50. The number of benzene rings is 2. The van der Waals surface area contributed by atoms with Crippen molar-refractivity contribution in [1.82, 2.24) is 18.9 Å². The number of amides is 2. The van der Waals surface area contributed by atoms with Gasteiger partial charge in [-0.05, 0) is 87.5 Å². The Bertz CT molecular complexity index is 2840. The number of halogens is 2. The first-order chi connectivity index (χ1) is 34.9. The lowest BCUT2D eigenvalue weighted by Crippen LogP contribution is -2.63. The van der Waals surface area contributed by atoms with Gasteiger partial charge in [0.2, 0.25) is 24.5 Å². The minimum atomic E-state index is -1.14. The van der Waals surface area contributed by atoms with Crippen molar-refractivity contribution in [3.05, 3.63) is 140 Å². The molecule has 4 aromatic rings. The number of fused-ring (bicyclic) bond motifs is 2. The van der Waals surface area contributed by atoms with Crippen LogP contribution in [0, 0.1) is 36.7 Å². The molecule has 0 radical (unpaired) electrons. The van der Waals surface area contributed by atoms with E-state index in [1.165, 1.54) is 22.0 Å². The third-order valence-electron chi connectivity index (χ3n) is 13.8. The molecule has 2 saturated heterocycles. The molecule has 0 spiro atoms. The molecule has 2 aromatic carbocycles. The SMILES string of the molecule is C=CCOOC(=O)C(C)C1C(=O)N2C(C(=O)OCC=C)=C(COc3cc(CCn4cc[n+](C)c4)ccc3I)[C@H](C)C12.CC(O)C1C(=O)N2C(C(=O)O)=C(COc3cc(CCn4cc[n+](C)c4)ccc3I)[C@H](C)C12. The molecule has 2 fully saturated rings. The van der Waals surface area contributed by atoms with Crippen molar-refractivity contribution in [3.63, 3.8) is 0 Å². The number of carboxylic acids is 1. The second kappa shape index (κ2) is 24.0. The van der Waals surface area contributed by atoms with Gasteiger partial charge < -0.3 is 34.2 Å². The maximum Gasteiger partial charge on any atom is 0.355 e. The van der Waals surface area contributed by atoms with Crippen molar-refractivity contribution in [2.24, 2.45) is 43.7 Å². The van der Waals surface area contributed by atoms with Crippen LogP contribution >= 0.6 is 45.2 Å². The molecule has 2 N–H and O–H groups in total. The maximum absolute atomic E-state index is 13.3. The van der Waals surface area contributed by atoms with Crippen LogP contribution in [0.25, 0.3) is 0 Å². The average molecular weight is 1230 g/mol. The normalized spacial score (nSPS) is 21.5. The number of carbonyl (C=O) groups is 5. The smallest absolute Gasteiger partial charge is 0.355 e. The highest BCUT2D eigenvalue weighted by atomic mass is 127. The number of nitrogens with zero attached hydrogens (tertiary/aromatic N) is 6. The standard InChI is InChI=1S/C30H35IN3O7.C23H26IN3O5/c1-6-14-38-30(37)27-22(19(3)26-25(28(35)34(26)27)20(4)29(36)41-40-15-7-2)17-39-24-16-21(8-9-23(24)31)10-11-33-13-12-32(5)18-33;1-13-16(21(23(30)31)27-20(13)19(14(2)28)22(27)29)11-32-18-10-15(4-5-17(18)24)6-7-26-9-8-25(3)12-26/h6-9,12-13,16,18-20,25-26H,1-2,10-11,14-15,17H2,3-5H3;4-5,8-10,12-14,19-20,28H,6-7,11H2,1-3H3/q+1;/p+1/t19-,20?,25?,26?;13-,14?,19?,20?/m00/s1. The van der Waals surface area contributed by atoms with E-state index in [2.05, 4.69) is 79.6 Å². The Morgan fingerprint density at radius 3 is 1.70 bits per heavy atom. The summed E-state index contributed by atoms with van der Waals surface area (Å²) in [5.74, 6) is -4.21. The first-order valence-corrected chi connectivity index (χ1v) is 26.1. The van der Waals surface area contributed by atoms with E-state index in [1.54, 1.807) is 13.8 Å². The van der Waals surface area contributed by atoms with E-state index in [0.717, 1.165) is 44.2 Å². The van der Waals surface area contributed by atoms with Gasteiger partial charge >= 0.3 is 17.9 Å². The summed E-state index contributed by atoms with van der Waals surface area (Å²) in [6, 6.07) is 11.4. The Hall–Kier alpha value is -5.85. The average Bonchev–Trinajstić information content (AvgIpc) is 4.10. The molecule has 4 aliphatic rings. The lowest BCUT2D eigenvalue weighted by molar-refractivity contribution is -0.671. The maximum atomic E-state index is 13.3. The van der Waals surface area contributed by atoms with Gasteiger partial charge in [0.1, 0.15) is 74.1 Å². The highest BCUT2D eigenvalue weighted by Gasteiger charge is 2.62. The van der Waals surface area contributed by atoms with E-state index >= 15 is 0 Å². The second-order valence-corrected chi connectivity index (χ2v) is 21.0. The molecule has 8 atom stereocenters. The van der Waals surface area contributed by atoms with E-state index in [4.69, 9.17) is 24.0 Å². The van der Waals surface area contributed by atoms with Gasteiger partial charge in [-0.2, -0.15) is 4.89 Å². The number of hydrogen-bond acceptors (Lipinski definition) is 11. The quantitative estimate of drug-likeness (QED) is 0.0156. The molecule has 18 nitrogen and oxygen atoms in total. The molecule has 6 unspecified atom stereocenters.